The zero-order valence-corrected chi connectivity index (χ0v) is 22.9. The molecule has 4 aromatic carbocycles. The summed E-state index contributed by atoms with van der Waals surface area (Å²) in [5.74, 6) is 0.811. The quantitative estimate of drug-likeness (QED) is 0.210. The SMILES string of the molecule is COc1ccc(N=P(c2ccccc2)(c2ccc(Br)cc2)c2c(C)nn(-c3ccccc3)c2C)cc1. The molecule has 0 saturated carbocycles. The lowest BCUT2D eigenvalue weighted by atomic mass is 10.3. The molecule has 4 nitrogen and oxygen atoms in total. The normalized spacial score (nSPS) is 12.7. The second-order valence-electron chi connectivity index (χ2n) is 8.51. The molecular formula is C30H27BrN3OP. The zero-order chi connectivity index (χ0) is 25.1. The second kappa shape index (κ2) is 10.3. The van der Waals surface area contributed by atoms with E-state index < -0.39 is 7.05 Å². The summed E-state index contributed by atoms with van der Waals surface area (Å²) in [6.07, 6.45) is 0. The zero-order valence-electron chi connectivity index (χ0n) is 20.5. The molecule has 1 heterocycles. The van der Waals surface area contributed by atoms with Crippen molar-refractivity contribution < 1.29 is 4.74 Å². The highest BCUT2D eigenvalue weighted by molar-refractivity contribution is 9.10. The minimum absolute atomic E-state index is 0.811. The number of benzene rings is 4. The molecular weight excluding hydrogens is 529 g/mol. The number of aromatic nitrogens is 2. The maximum Gasteiger partial charge on any atom is 0.119 e. The molecule has 36 heavy (non-hydrogen) atoms. The summed E-state index contributed by atoms with van der Waals surface area (Å²) in [6, 6.07) is 37.5. The van der Waals surface area contributed by atoms with Gasteiger partial charge < -0.3 is 4.74 Å². The molecule has 1 unspecified atom stereocenters. The van der Waals surface area contributed by atoms with Gasteiger partial charge in [0.25, 0.3) is 0 Å². The molecule has 6 heteroatoms. The number of hydrogen-bond donors (Lipinski definition) is 0. The van der Waals surface area contributed by atoms with Crippen LogP contribution in [0.1, 0.15) is 11.4 Å². The van der Waals surface area contributed by atoms with Crippen molar-refractivity contribution in [1.29, 1.82) is 0 Å². The number of para-hydroxylation sites is 1. The Morgan fingerprint density at radius 3 is 1.94 bits per heavy atom. The van der Waals surface area contributed by atoms with E-state index in [1.807, 2.05) is 47.1 Å². The average Bonchev–Trinajstić information content (AvgIpc) is 3.23. The van der Waals surface area contributed by atoms with Crippen molar-refractivity contribution in [3.63, 3.8) is 0 Å². The van der Waals surface area contributed by atoms with Crippen LogP contribution in [0, 0.1) is 13.8 Å². The lowest BCUT2D eigenvalue weighted by Gasteiger charge is -2.27. The van der Waals surface area contributed by atoms with Gasteiger partial charge in [-0.1, -0.05) is 76.6 Å². The molecule has 0 saturated heterocycles. The Kier molecular flexibility index (Phi) is 6.95. The van der Waals surface area contributed by atoms with Crippen LogP contribution in [0.5, 0.6) is 5.75 Å². The monoisotopic (exact) mass is 555 g/mol. The number of hydrogen-bond acceptors (Lipinski definition) is 3. The van der Waals surface area contributed by atoms with Crippen molar-refractivity contribution in [2.75, 3.05) is 7.11 Å². The van der Waals surface area contributed by atoms with Crippen LogP contribution in [-0.2, 0) is 0 Å². The van der Waals surface area contributed by atoms with E-state index in [1.165, 1.54) is 15.9 Å². The predicted octanol–water partition coefficient (Wildman–Crippen LogP) is 7.07. The first kappa shape index (κ1) is 24.3. The fourth-order valence-electron chi connectivity index (χ4n) is 4.62. The molecule has 5 aromatic rings. The Labute approximate surface area is 220 Å². The van der Waals surface area contributed by atoms with E-state index in [4.69, 9.17) is 14.6 Å². The Morgan fingerprint density at radius 1 is 0.750 bits per heavy atom. The molecule has 0 radical (unpaired) electrons. The van der Waals surface area contributed by atoms with Crippen molar-refractivity contribution in [3.8, 4) is 11.4 Å². The fraction of sp³-hybridized carbons (Fsp3) is 0.100. The van der Waals surface area contributed by atoms with Gasteiger partial charge in [-0.2, -0.15) is 5.10 Å². The maximum absolute atomic E-state index is 5.62. The van der Waals surface area contributed by atoms with Gasteiger partial charge in [0, 0.05) is 20.4 Å². The lowest BCUT2D eigenvalue weighted by molar-refractivity contribution is 0.415. The van der Waals surface area contributed by atoms with E-state index >= 15 is 0 Å². The van der Waals surface area contributed by atoms with E-state index in [2.05, 4.69) is 96.5 Å². The molecule has 0 aliphatic carbocycles. The topological polar surface area (TPSA) is 39.4 Å². The number of methoxy groups -OCH3 is 1. The standard InChI is InChI=1S/C30H27BrN3OP/c1-22-30(23(2)34(32-22)26-10-6-4-7-11-26)36(28-12-8-5-9-13-28,29-20-14-24(31)15-21-29)33-25-16-18-27(35-3)19-17-25/h4-21H,1-3H3. The largest absolute Gasteiger partial charge is 0.497 e. The second-order valence-corrected chi connectivity index (χ2v) is 12.4. The van der Waals surface area contributed by atoms with Gasteiger partial charge in [-0.3, -0.25) is 4.74 Å². The summed E-state index contributed by atoms with van der Waals surface area (Å²) in [5.41, 5.74) is 4.02. The summed E-state index contributed by atoms with van der Waals surface area (Å²) in [5, 5.41) is 8.57. The van der Waals surface area contributed by atoms with Gasteiger partial charge >= 0.3 is 0 Å². The minimum atomic E-state index is -2.51. The van der Waals surface area contributed by atoms with Crippen LogP contribution in [0.4, 0.5) is 5.69 Å². The van der Waals surface area contributed by atoms with Gasteiger partial charge in [-0.25, -0.2) is 4.68 Å². The van der Waals surface area contributed by atoms with Crippen molar-refractivity contribution in [1.82, 2.24) is 9.78 Å². The molecule has 0 fully saturated rings. The van der Waals surface area contributed by atoms with Crippen LogP contribution in [0.15, 0.2) is 118 Å². The van der Waals surface area contributed by atoms with Gasteiger partial charge in [0.15, 0.2) is 0 Å². The lowest BCUT2D eigenvalue weighted by Crippen LogP contribution is -2.28. The first-order valence-corrected chi connectivity index (χ1v) is 14.3. The summed E-state index contributed by atoms with van der Waals surface area (Å²) < 4.78 is 14.1. The minimum Gasteiger partial charge on any atom is -0.497 e. The predicted molar refractivity (Wildman–Crippen MR) is 155 cm³/mol. The molecule has 0 aliphatic heterocycles. The molecule has 0 N–H and O–H groups in total. The van der Waals surface area contributed by atoms with Gasteiger partial charge in [0.05, 0.1) is 36.9 Å². The van der Waals surface area contributed by atoms with E-state index in [0.29, 0.717) is 0 Å². The molecule has 0 spiro atoms. The highest BCUT2D eigenvalue weighted by Crippen LogP contribution is 2.51. The number of nitrogens with zero attached hydrogens (tertiary/aromatic N) is 3. The van der Waals surface area contributed by atoms with Crippen LogP contribution in [-0.4, -0.2) is 16.9 Å². The third kappa shape index (κ3) is 4.45. The van der Waals surface area contributed by atoms with Crippen LogP contribution >= 0.6 is 23.0 Å². The Hall–Kier alpha value is -3.40. The number of halogens is 1. The van der Waals surface area contributed by atoms with E-state index in [-0.39, 0.29) is 0 Å². The van der Waals surface area contributed by atoms with Gasteiger partial charge in [0.2, 0.25) is 0 Å². The van der Waals surface area contributed by atoms with Gasteiger partial charge in [-0.05, 0) is 62.4 Å². The van der Waals surface area contributed by atoms with Crippen molar-refractivity contribution in [2.45, 2.75) is 13.8 Å². The molecule has 0 amide bonds. The number of rotatable bonds is 6. The molecule has 5 rings (SSSR count). The number of aryl methyl sites for hydroxylation is 1. The van der Waals surface area contributed by atoms with Crippen LogP contribution in [0.3, 0.4) is 0 Å². The molecule has 1 atom stereocenters. The molecule has 180 valence electrons. The Bertz CT molecular complexity index is 1530. The van der Waals surface area contributed by atoms with E-state index in [0.717, 1.165) is 33.0 Å². The van der Waals surface area contributed by atoms with Crippen LogP contribution in [0.2, 0.25) is 0 Å². The van der Waals surface area contributed by atoms with E-state index in [9.17, 15) is 0 Å². The Morgan fingerprint density at radius 2 is 1.33 bits per heavy atom. The summed E-state index contributed by atoms with van der Waals surface area (Å²) >= 11 is 3.62. The van der Waals surface area contributed by atoms with Crippen molar-refractivity contribution in [3.05, 3.63) is 125 Å². The van der Waals surface area contributed by atoms with Crippen LogP contribution in [0.25, 0.3) is 5.69 Å². The van der Waals surface area contributed by atoms with Crippen LogP contribution < -0.4 is 20.7 Å². The highest BCUT2D eigenvalue weighted by atomic mass is 79.9. The third-order valence-corrected chi connectivity index (χ3v) is 10.7. The average molecular weight is 556 g/mol. The Balaban J connectivity index is 1.90. The highest BCUT2D eigenvalue weighted by Gasteiger charge is 2.33. The number of ether oxygens (including phenoxy) is 1. The van der Waals surface area contributed by atoms with Gasteiger partial charge in [-0.15, -0.1) is 0 Å². The van der Waals surface area contributed by atoms with Gasteiger partial charge in [0.1, 0.15) is 5.75 Å². The molecule has 0 aliphatic rings. The van der Waals surface area contributed by atoms with Crippen molar-refractivity contribution >= 4 is 44.6 Å². The van der Waals surface area contributed by atoms with E-state index in [1.54, 1.807) is 7.11 Å². The third-order valence-electron chi connectivity index (χ3n) is 6.25. The first-order valence-electron chi connectivity index (χ1n) is 11.7. The first-order chi connectivity index (χ1) is 17.5. The molecule has 1 aromatic heterocycles. The fourth-order valence-corrected chi connectivity index (χ4v) is 8.77. The van der Waals surface area contributed by atoms with Crippen molar-refractivity contribution in [2.24, 2.45) is 4.74 Å². The summed E-state index contributed by atoms with van der Waals surface area (Å²) in [7, 11) is -0.833. The summed E-state index contributed by atoms with van der Waals surface area (Å²) in [6.45, 7) is 4.25. The smallest absolute Gasteiger partial charge is 0.119 e. The maximum atomic E-state index is 5.62. The molecule has 0 bridgehead atoms. The summed E-state index contributed by atoms with van der Waals surface area (Å²) in [4.78, 5) is 0.